The van der Waals surface area contributed by atoms with Crippen LogP contribution in [-0.4, -0.2) is 28.8 Å². The lowest BCUT2D eigenvalue weighted by Crippen LogP contribution is -2.36. The van der Waals surface area contributed by atoms with Crippen LogP contribution < -0.4 is 11.3 Å². The minimum absolute atomic E-state index is 0.0300. The number of nitrogens with zero attached hydrogens (tertiary/aromatic N) is 2. The minimum Gasteiger partial charge on any atom is -0.339 e. The molecule has 0 saturated carbocycles. The largest absolute Gasteiger partial charge is 0.339 e. The number of hydrogen-bond donors (Lipinski definition) is 2. The first-order valence-corrected chi connectivity index (χ1v) is 6.80. The number of hydrogen-bond acceptors (Lipinski definition) is 5. The first-order valence-electron chi connectivity index (χ1n) is 6.80. The molecule has 0 aliphatic heterocycles. The fourth-order valence-corrected chi connectivity index (χ4v) is 2.25. The van der Waals surface area contributed by atoms with Gasteiger partial charge in [0.15, 0.2) is 0 Å². The Hall–Kier alpha value is -2.15. The van der Waals surface area contributed by atoms with E-state index in [1.807, 2.05) is 6.92 Å². The van der Waals surface area contributed by atoms with E-state index in [0.717, 1.165) is 6.42 Å². The lowest BCUT2D eigenvalue weighted by Gasteiger charge is -2.27. The van der Waals surface area contributed by atoms with Gasteiger partial charge in [0, 0.05) is 19.2 Å². The van der Waals surface area contributed by atoms with Gasteiger partial charge in [-0.05, 0) is 25.3 Å². The summed E-state index contributed by atoms with van der Waals surface area (Å²) in [5.74, 6) is 5.52. The molecule has 0 saturated heterocycles. The number of nitro groups is 1. The second kappa shape index (κ2) is 7.03. The Kier molecular flexibility index (Phi) is 5.66. The molecule has 1 amide bonds. The van der Waals surface area contributed by atoms with Gasteiger partial charge in [0.2, 0.25) is 0 Å². The van der Waals surface area contributed by atoms with Crippen molar-refractivity contribution >= 4 is 17.3 Å². The monoisotopic (exact) mass is 294 g/mol. The predicted molar refractivity (Wildman–Crippen MR) is 81.9 cm³/mol. The number of anilines is 1. The Morgan fingerprint density at radius 2 is 2.05 bits per heavy atom. The summed E-state index contributed by atoms with van der Waals surface area (Å²) in [5.41, 5.74) is 2.29. The summed E-state index contributed by atoms with van der Waals surface area (Å²) in [6, 6.07) is 4.35. The SMILES string of the molecule is CC(C)CC(C)N(C)C(=O)c1cccc([N+](=O)[O-])c1NN. The van der Waals surface area contributed by atoms with E-state index in [-0.39, 0.29) is 28.9 Å². The van der Waals surface area contributed by atoms with Crippen LogP contribution >= 0.6 is 0 Å². The summed E-state index contributed by atoms with van der Waals surface area (Å²) in [6.45, 7) is 6.11. The second-order valence-corrected chi connectivity index (χ2v) is 5.50. The third-order valence-electron chi connectivity index (χ3n) is 3.41. The first-order chi connectivity index (χ1) is 9.79. The maximum absolute atomic E-state index is 12.5. The molecular formula is C14H22N4O3. The highest BCUT2D eigenvalue weighted by Crippen LogP contribution is 2.28. The third-order valence-corrected chi connectivity index (χ3v) is 3.41. The molecule has 1 aromatic carbocycles. The van der Waals surface area contributed by atoms with Crippen LogP contribution in [0.15, 0.2) is 18.2 Å². The standard InChI is InChI=1S/C14H22N4O3/c1-9(2)8-10(3)17(4)14(19)11-6-5-7-12(18(20)21)13(11)16-15/h5-7,9-10,16H,8,15H2,1-4H3. The molecule has 0 spiro atoms. The lowest BCUT2D eigenvalue weighted by molar-refractivity contribution is -0.384. The molecule has 3 N–H and O–H groups in total. The van der Waals surface area contributed by atoms with Crippen LogP contribution in [0.3, 0.4) is 0 Å². The van der Waals surface area contributed by atoms with E-state index >= 15 is 0 Å². The number of carbonyl (C=O) groups excluding carboxylic acids is 1. The van der Waals surface area contributed by atoms with Gasteiger partial charge in [-0.25, -0.2) is 0 Å². The average Bonchev–Trinajstić information content (AvgIpc) is 2.43. The summed E-state index contributed by atoms with van der Waals surface area (Å²) in [5, 5.41) is 11.0. The number of carbonyl (C=O) groups is 1. The molecule has 0 radical (unpaired) electrons. The maximum atomic E-state index is 12.5. The molecular weight excluding hydrogens is 272 g/mol. The lowest BCUT2D eigenvalue weighted by atomic mass is 10.0. The Labute approximate surface area is 124 Å². The van der Waals surface area contributed by atoms with Gasteiger partial charge in [0.1, 0.15) is 5.69 Å². The molecule has 1 aromatic rings. The van der Waals surface area contributed by atoms with Crippen molar-refractivity contribution in [1.82, 2.24) is 4.90 Å². The number of nitrogens with two attached hydrogens (primary N) is 1. The molecule has 0 heterocycles. The van der Waals surface area contributed by atoms with E-state index < -0.39 is 4.92 Å². The van der Waals surface area contributed by atoms with E-state index in [4.69, 9.17) is 5.84 Å². The smallest absolute Gasteiger partial charge is 0.294 e. The van der Waals surface area contributed by atoms with Crippen molar-refractivity contribution in [2.24, 2.45) is 11.8 Å². The Morgan fingerprint density at radius 1 is 1.43 bits per heavy atom. The van der Waals surface area contributed by atoms with Crippen molar-refractivity contribution in [2.75, 3.05) is 12.5 Å². The van der Waals surface area contributed by atoms with Crippen molar-refractivity contribution in [3.63, 3.8) is 0 Å². The molecule has 0 aromatic heterocycles. The van der Waals surface area contributed by atoms with Gasteiger partial charge in [-0.15, -0.1) is 0 Å². The summed E-state index contributed by atoms with van der Waals surface area (Å²) < 4.78 is 0. The van der Waals surface area contributed by atoms with Gasteiger partial charge in [0.25, 0.3) is 11.6 Å². The fraction of sp³-hybridized carbons (Fsp3) is 0.500. The Balaban J connectivity index is 3.12. The molecule has 0 bridgehead atoms. The number of para-hydroxylation sites is 1. The number of rotatable bonds is 6. The molecule has 1 unspecified atom stereocenters. The van der Waals surface area contributed by atoms with E-state index in [1.165, 1.54) is 18.2 Å². The summed E-state index contributed by atoms with van der Waals surface area (Å²) in [6.07, 6.45) is 0.850. The molecule has 7 nitrogen and oxygen atoms in total. The predicted octanol–water partition coefficient (Wildman–Crippen LogP) is 2.39. The summed E-state index contributed by atoms with van der Waals surface area (Å²) in [7, 11) is 1.69. The van der Waals surface area contributed by atoms with Crippen molar-refractivity contribution in [2.45, 2.75) is 33.2 Å². The Morgan fingerprint density at radius 3 is 2.52 bits per heavy atom. The van der Waals surface area contributed by atoms with Crippen LogP contribution in [0.5, 0.6) is 0 Å². The molecule has 1 atom stereocenters. The molecule has 0 aliphatic rings. The summed E-state index contributed by atoms with van der Waals surface area (Å²) >= 11 is 0. The van der Waals surface area contributed by atoms with E-state index in [0.29, 0.717) is 5.92 Å². The number of benzene rings is 1. The average molecular weight is 294 g/mol. The van der Waals surface area contributed by atoms with Gasteiger partial charge in [0.05, 0.1) is 10.5 Å². The second-order valence-electron chi connectivity index (χ2n) is 5.50. The molecule has 7 heteroatoms. The van der Waals surface area contributed by atoms with E-state index in [2.05, 4.69) is 19.3 Å². The molecule has 21 heavy (non-hydrogen) atoms. The van der Waals surface area contributed by atoms with Crippen LogP contribution in [0.1, 0.15) is 37.6 Å². The van der Waals surface area contributed by atoms with Crippen molar-refractivity contribution in [3.05, 3.63) is 33.9 Å². The van der Waals surface area contributed by atoms with Gasteiger partial charge in [-0.2, -0.15) is 0 Å². The third kappa shape index (κ3) is 3.91. The first kappa shape index (κ1) is 16.9. The van der Waals surface area contributed by atoms with Crippen LogP contribution in [-0.2, 0) is 0 Å². The van der Waals surface area contributed by atoms with Gasteiger partial charge < -0.3 is 10.3 Å². The number of nitrogens with one attached hydrogen (secondary N) is 1. The van der Waals surface area contributed by atoms with Crippen molar-refractivity contribution < 1.29 is 9.72 Å². The highest BCUT2D eigenvalue weighted by molar-refractivity contribution is 6.01. The van der Waals surface area contributed by atoms with E-state index in [9.17, 15) is 14.9 Å². The van der Waals surface area contributed by atoms with Crippen LogP contribution in [0.2, 0.25) is 0 Å². The van der Waals surface area contributed by atoms with Gasteiger partial charge in [-0.3, -0.25) is 20.8 Å². The minimum atomic E-state index is -0.566. The highest BCUT2D eigenvalue weighted by Gasteiger charge is 2.25. The molecule has 0 aliphatic carbocycles. The van der Waals surface area contributed by atoms with Crippen molar-refractivity contribution in [3.8, 4) is 0 Å². The molecule has 116 valence electrons. The highest BCUT2D eigenvalue weighted by atomic mass is 16.6. The van der Waals surface area contributed by atoms with Gasteiger partial charge in [-0.1, -0.05) is 19.9 Å². The van der Waals surface area contributed by atoms with Crippen LogP contribution in [0, 0.1) is 16.0 Å². The van der Waals surface area contributed by atoms with Crippen LogP contribution in [0.4, 0.5) is 11.4 Å². The zero-order valence-electron chi connectivity index (χ0n) is 12.8. The summed E-state index contributed by atoms with van der Waals surface area (Å²) in [4.78, 5) is 24.5. The zero-order valence-corrected chi connectivity index (χ0v) is 12.8. The number of nitro benzene ring substituents is 1. The van der Waals surface area contributed by atoms with Crippen LogP contribution in [0.25, 0.3) is 0 Å². The van der Waals surface area contributed by atoms with Gasteiger partial charge >= 0.3 is 0 Å². The molecule has 0 fully saturated rings. The molecule has 1 rings (SSSR count). The number of hydrazine groups is 1. The maximum Gasteiger partial charge on any atom is 0.294 e. The number of amides is 1. The van der Waals surface area contributed by atoms with E-state index in [1.54, 1.807) is 11.9 Å². The Bertz CT molecular complexity index is 531. The van der Waals surface area contributed by atoms with Crippen molar-refractivity contribution in [1.29, 1.82) is 0 Å². The zero-order chi connectivity index (χ0) is 16.2. The quantitative estimate of drug-likeness (QED) is 0.476. The fourth-order valence-electron chi connectivity index (χ4n) is 2.25. The number of nitrogen functional groups attached to an aromatic ring is 1. The normalized spacial score (nSPS) is 12.1. The topological polar surface area (TPSA) is 102 Å².